The first-order chi connectivity index (χ1) is 10.9. The van der Waals surface area contributed by atoms with Crippen LogP contribution in [0.5, 0.6) is 0 Å². The van der Waals surface area contributed by atoms with Gasteiger partial charge in [0, 0.05) is 12.1 Å². The van der Waals surface area contributed by atoms with Crippen molar-refractivity contribution in [3.8, 4) is 0 Å². The molecule has 1 atom stereocenters. The number of carbonyl (C=O) groups is 1. The van der Waals surface area contributed by atoms with Crippen molar-refractivity contribution in [3.05, 3.63) is 53.0 Å². The van der Waals surface area contributed by atoms with E-state index in [1.807, 2.05) is 0 Å². The third-order valence-corrected chi connectivity index (χ3v) is 3.34. The molecule has 0 saturated heterocycles. The molecule has 3 N–H and O–H groups in total. The fourth-order valence-electron chi connectivity index (χ4n) is 2.23. The number of para-hydroxylation sites is 1. The van der Waals surface area contributed by atoms with Gasteiger partial charge in [-0.2, -0.15) is 0 Å². The molecule has 1 heterocycles. The van der Waals surface area contributed by atoms with Crippen molar-refractivity contribution in [2.75, 3.05) is 11.9 Å². The molecule has 124 valence electrons. The first kappa shape index (κ1) is 17.0. The predicted octanol–water partition coefficient (Wildman–Crippen LogP) is 3.42. The zero-order valence-electron chi connectivity index (χ0n) is 12.8. The second-order valence-electron chi connectivity index (χ2n) is 5.15. The predicted molar refractivity (Wildman–Crippen MR) is 81.1 cm³/mol. The van der Waals surface area contributed by atoms with Crippen LogP contribution in [0.2, 0.25) is 0 Å². The topological polar surface area (TPSA) is 74.5 Å². The molecular weight excluding hydrogens is 306 g/mol. The van der Waals surface area contributed by atoms with Crippen molar-refractivity contribution in [2.24, 2.45) is 0 Å². The summed E-state index contributed by atoms with van der Waals surface area (Å²) < 4.78 is 32.1. The lowest BCUT2D eigenvalue weighted by molar-refractivity contribution is 0.165. The third kappa shape index (κ3) is 4.29. The number of urea groups is 1. The summed E-state index contributed by atoms with van der Waals surface area (Å²) in [6.07, 6.45) is -0.551. The van der Waals surface area contributed by atoms with Crippen LogP contribution in [0, 0.1) is 25.5 Å². The summed E-state index contributed by atoms with van der Waals surface area (Å²) in [6, 6.07) is 4.29. The minimum Gasteiger partial charge on any atom is -0.466 e. The molecule has 0 aliphatic rings. The number of hydrogen-bond acceptors (Lipinski definition) is 3. The molecular formula is C16H18F2N2O3. The number of hydrogen-bond donors (Lipinski definition) is 3. The molecule has 0 saturated carbocycles. The molecule has 0 bridgehead atoms. The van der Waals surface area contributed by atoms with E-state index in [9.17, 15) is 18.7 Å². The van der Waals surface area contributed by atoms with Crippen LogP contribution in [0.3, 0.4) is 0 Å². The molecule has 5 nitrogen and oxygen atoms in total. The Morgan fingerprint density at radius 3 is 2.52 bits per heavy atom. The standard InChI is InChI=1S/C16H18F2N2O3/c1-9-8-11(10(2)23-9)14(21)6-7-19-16(22)20-15-12(17)4-3-5-13(15)18/h3-5,8,14,21H,6-7H2,1-2H3,(H2,19,20,22). The van der Waals surface area contributed by atoms with E-state index in [0.29, 0.717) is 17.1 Å². The van der Waals surface area contributed by atoms with Gasteiger partial charge >= 0.3 is 6.03 Å². The Kier molecular flexibility index (Phi) is 5.33. The van der Waals surface area contributed by atoms with Crippen molar-refractivity contribution in [1.82, 2.24) is 5.32 Å². The van der Waals surface area contributed by atoms with E-state index in [4.69, 9.17) is 4.42 Å². The lowest BCUT2D eigenvalue weighted by Gasteiger charge is -2.12. The number of amides is 2. The minimum atomic E-state index is -0.857. The van der Waals surface area contributed by atoms with Crippen molar-refractivity contribution < 1.29 is 23.1 Å². The highest BCUT2D eigenvalue weighted by molar-refractivity contribution is 5.89. The Morgan fingerprint density at radius 2 is 1.96 bits per heavy atom. The molecule has 2 rings (SSSR count). The number of rotatable bonds is 5. The van der Waals surface area contributed by atoms with Gasteiger partial charge in [0.1, 0.15) is 28.8 Å². The van der Waals surface area contributed by atoms with Gasteiger partial charge in [-0.15, -0.1) is 0 Å². The molecule has 7 heteroatoms. The van der Waals surface area contributed by atoms with E-state index >= 15 is 0 Å². The maximum absolute atomic E-state index is 13.4. The van der Waals surface area contributed by atoms with E-state index in [2.05, 4.69) is 10.6 Å². The number of aliphatic hydroxyl groups is 1. The molecule has 1 aromatic carbocycles. The van der Waals surface area contributed by atoms with Crippen LogP contribution in [-0.4, -0.2) is 17.7 Å². The Bertz CT molecular complexity index is 680. The quantitative estimate of drug-likeness (QED) is 0.789. The van der Waals surface area contributed by atoms with Gasteiger partial charge in [0.15, 0.2) is 0 Å². The number of nitrogens with one attached hydrogen (secondary N) is 2. The monoisotopic (exact) mass is 324 g/mol. The van der Waals surface area contributed by atoms with Crippen molar-refractivity contribution in [1.29, 1.82) is 0 Å². The number of carbonyl (C=O) groups excluding carboxylic acids is 1. The van der Waals surface area contributed by atoms with E-state index in [0.717, 1.165) is 12.1 Å². The average Bonchev–Trinajstić information content (AvgIpc) is 2.82. The largest absolute Gasteiger partial charge is 0.466 e. The summed E-state index contributed by atoms with van der Waals surface area (Å²) in [5, 5.41) is 14.6. The molecule has 0 aliphatic carbocycles. The van der Waals surface area contributed by atoms with Gasteiger partial charge in [-0.3, -0.25) is 0 Å². The molecule has 0 spiro atoms. The zero-order chi connectivity index (χ0) is 17.0. The number of benzene rings is 1. The Balaban J connectivity index is 1.84. The van der Waals surface area contributed by atoms with Crippen molar-refractivity contribution in [2.45, 2.75) is 26.4 Å². The Labute approximate surface area is 132 Å². The number of anilines is 1. The highest BCUT2D eigenvalue weighted by atomic mass is 19.1. The van der Waals surface area contributed by atoms with Crippen molar-refractivity contribution in [3.63, 3.8) is 0 Å². The Morgan fingerprint density at radius 1 is 1.30 bits per heavy atom. The van der Waals surface area contributed by atoms with E-state index in [1.54, 1.807) is 19.9 Å². The lowest BCUT2D eigenvalue weighted by atomic mass is 10.1. The van der Waals surface area contributed by atoms with Crippen LogP contribution in [0.4, 0.5) is 19.3 Å². The number of aliphatic hydroxyl groups excluding tert-OH is 1. The lowest BCUT2D eigenvalue weighted by Crippen LogP contribution is -2.31. The maximum atomic E-state index is 13.4. The van der Waals surface area contributed by atoms with Crippen molar-refractivity contribution >= 4 is 11.7 Å². The maximum Gasteiger partial charge on any atom is 0.319 e. The second kappa shape index (κ2) is 7.23. The minimum absolute atomic E-state index is 0.132. The number of aryl methyl sites for hydroxylation is 2. The van der Waals surface area contributed by atoms with Crippen LogP contribution in [-0.2, 0) is 0 Å². The normalized spacial score (nSPS) is 12.0. The van der Waals surface area contributed by atoms with Crippen LogP contribution in [0.15, 0.2) is 28.7 Å². The third-order valence-electron chi connectivity index (χ3n) is 3.34. The molecule has 23 heavy (non-hydrogen) atoms. The SMILES string of the molecule is Cc1cc(C(O)CCNC(=O)Nc2c(F)cccc2F)c(C)o1. The summed E-state index contributed by atoms with van der Waals surface area (Å²) in [7, 11) is 0. The summed E-state index contributed by atoms with van der Waals surface area (Å²) in [5.41, 5.74) is 0.150. The number of halogens is 2. The Hall–Kier alpha value is -2.41. The zero-order valence-corrected chi connectivity index (χ0v) is 12.8. The summed E-state index contributed by atoms with van der Waals surface area (Å²) in [5.74, 6) is -0.403. The number of furan rings is 1. The highest BCUT2D eigenvalue weighted by Gasteiger charge is 2.15. The van der Waals surface area contributed by atoms with E-state index < -0.39 is 29.5 Å². The molecule has 2 amide bonds. The fourth-order valence-corrected chi connectivity index (χ4v) is 2.23. The molecule has 0 fully saturated rings. The summed E-state index contributed by atoms with van der Waals surface area (Å²) in [4.78, 5) is 11.7. The van der Waals surface area contributed by atoms with E-state index in [1.165, 1.54) is 6.07 Å². The van der Waals surface area contributed by atoms with Gasteiger partial charge in [0.2, 0.25) is 0 Å². The van der Waals surface area contributed by atoms with Crippen LogP contribution in [0.25, 0.3) is 0 Å². The first-order valence-electron chi connectivity index (χ1n) is 7.12. The molecule has 2 aromatic rings. The smallest absolute Gasteiger partial charge is 0.319 e. The molecule has 0 aliphatic heterocycles. The van der Waals surface area contributed by atoms with Gasteiger partial charge in [-0.05, 0) is 38.5 Å². The van der Waals surface area contributed by atoms with E-state index in [-0.39, 0.29) is 13.0 Å². The van der Waals surface area contributed by atoms with Gasteiger partial charge in [0.25, 0.3) is 0 Å². The van der Waals surface area contributed by atoms with Crippen LogP contribution in [0.1, 0.15) is 29.6 Å². The van der Waals surface area contributed by atoms with Crippen LogP contribution < -0.4 is 10.6 Å². The summed E-state index contributed by atoms with van der Waals surface area (Å²) in [6.45, 7) is 3.65. The van der Waals surface area contributed by atoms with Gasteiger partial charge < -0.3 is 20.2 Å². The van der Waals surface area contributed by atoms with Gasteiger partial charge in [-0.1, -0.05) is 6.07 Å². The molecule has 0 radical (unpaired) electrons. The fraction of sp³-hybridized carbons (Fsp3) is 0.312. The van der Waals surface area contributed by atoms with Gasteiger partial charge in [0.05, 0.1) is 6.10 Å². The van der Waals surface area contributed by atoms with Crippen LogP contribution >= 0.6 is 0 Å². The average molecular weight is 324 g/mol. The second-order valence-corrected chi connectivity index (χ2v) is 5.15. The highest BCUT2D eigenvalue weighted by Crippen LogP contribution is 2.23. The van der Waals surface area contributed by atoms with Gasteiger partial charge in [-0.25, -0.2) is 13.6 Å². The molecule has 1 unspecified atom stereocenters. The first-order valence-corrected chi connectivity index (χ1v) is 7.12. The summed E-state index contributed by atoms with van der Waals surface area (Å²) >= 11 is 0. The molecule has 1 aromatic heterocycles.